The summed E-state index contributed by atoms with van der Waals surface area (Å²) in [5.74, 6) is 0.817. The number of hydrogen-bond donors (Lipinski definition) is 1. The van der Waals surface area contributed by atoms with Crippen molar-refractivity contribution >= 4 is 10.0 Å². The molecule has 1 N–H and O–H groups in total. The van der Waals surface area contributed by atoms with Gasteiger partial charge in [-0.3, -0.25) is 4.98 Å². The van der Waals surface area contributed by atoms with E-state index in [9.17, 15) is 8.42 Å². The van der Waals surface area contributed by atoms with Gasteiger partial charge in [-0.05, 0) is 55.4 Å². The van der Waals surface area contributed by atoms with E-state index in [0.29, 0.717) is 0 Å². The predicted molar refractivity (Wildman–Crippen MR) is 91.8 cm³/mol. The molecule has 0 aliphatic heterocycles. The lowest BCUT2D eigenvalue weighted by atomic mass is 10.2. The van der Waals surface area contributed by atoms with Crippen molar-refractivity contribution < 1.29 is 8.42 Å². The Balaban J connectivity index is 1.80. The summed E-state index contributed by atoms with van der Waals surface area (Å²) in [5.41, 5.74) is 2.09. The summed E-state index contributed by atoms with van der Waals surface area (Å²) in [7, 11) is -2.03. The van der Waals surface area contributed by atoms with E-state index >= 15 is 0 Å². The van der Waals surface area contributed by atoms with E-state index in [4.69, 9.17) is 0 Å². The van der Waals surface area contributed by atoms with Crippen molar-refractivity contribution in [2.24, 2.45) is 0 Å². The summed E-state index contributed by atoms with van der Waals surface area (Å²) in [4.78, 5) is 8.65. The zero-order valence-corrected chi connectivity index (χ0v) is 14.1. The number of imidazole rings is 1. The van der Waals surface area contributed by atoms with Crippen molar-refractivity contribution in [2.45, 2.75) is 17.9 Å². The van der Waals surface area contributed by atoms with Crippen molar-refractivity contribution in [1.29, 1.82) is 0 Å². The standard InChI is InChI=1S/C17H18N4O2S/c1-18-24(22,23)16-4-2-15(3-5-16)17-20-11-13-21(17)12-8-14-6-9-19-10-7-14/h2-7,9-11,13,18H,8,12H2,1H3. The SMILES string of the molecule is CNS(=O)(=O)c1ccc(-c2nccn2CCc2ccncc2)cc1. The fraction of sp³-hybridized carbons (Fsp3) is 0.176. The molecule has 3 rings (SSSR count). The van der Waals surface area contributed by atoms with Crippen LogP contribution in [0.2, 0.25) is 0 Å². The van der Waals surface area contributed by atoms with E-state index in [1.54, 1.807) is 42.9 Å². The molecule has 124 valence electrons. The first-order chi connectivity index (χ1) is 11.6. The largest absolute Gasteiger partial charge is 0.331 e. The van der Waals surface area contributed by atoms with Gasteiger partial charge in [-0.25, -0.2) is 18.1 Å². The minimum Gasteiger partial charge on any atom is -0.331 e. The maximum absolute atomic E-state index is 11.8. The van der Waals surface area contributed by atoms with Crippen LogP contribution < -0.4 is 4.72 Å². The normalized spacial score (nSPS) is 11.5. The smallest absolute Gasteiger partial charge is 0.240 e. The van der Waals surface area contributed by atoms with Gasteiger partial charge in [0, 0.05) is 36.9 Å². The molecule has 0 aliphatic rings. The van der Waals surface area contributed by atoms with Crippen LogP contribution in [0.3, 0.4) is 0 Å². The van der Waals surface area contributed by atoms with Crippen molar-refractivity contribution in [1.82, 2.24) is 19.3 Å². The Bertz CT molecular complexity index is 903. The zero-order chi connectivity index (χ0) is 17.0. The Hall–Kier alpha value is -2.51. The second-order valence-electron chi connectivity index (χ2n) is 5.28. The van der Waals surface area contributed by atoms with Gasteiger partial charge in [0.05, 0.1) is 4.90 Å². The van der Waals surface area contributed by atoms with Crippen molar-refractivity contribution in [3.05, 3.63) is 66.7 Å². The van der Waals surface area contributed by atoms with Crippen LogP contribution in [0.4, 0.5) is 0 Å². The summed E-state index contributed by atoms with van der Waals surface area (Å²) >= 11 is 0. The molecule has 1 aromatic carbocycles. The Labute approximate surface area is 141 Å². The molecule has 0 aliphatic carbocycles. The first kappa shape index (κ1) is 16.4. The van der Waals surface area contributed by atoms with E-state index in [2.05, 4.69) is 19.3 Å². The summed E-state index contributed by atoms with van der Waals surface area (Å²) in [5, 5.41) is 0. The predicted octanol–water partition coefficient (Wildman–Crippen LogP) is 2.10. The van der Waals surface area contributed by atoms with Crippen LogP contribution in [0, 0.1) is 0 Å². The average molecular weight is 342 g/mol. The van der Waals surface area contributed by atoms with Crippen LogP contribution in [0.1, 0.15) is 5.56 Å². The van der Waals surface area contributed by atoms with Gasteiger partial charge in [-0.2, -0.15) is 0 Å². The Morgan fingerprint density at radius 2 is 1.75 bits per heavy atom. The number of benzene rings is 1. The molecule has 3 aromatic rings. The lowest BCUT2D eigenvalue weighted by Crippen LogP contribution is -2.18. The lowest BCUT2D eigenvalue weighted by molar-refractivity contribution is 0.588. The highest BCUT2D eigenvalue weighted by atomic mass is 32.2. The zero-order valence-electron chi connectivity index (χ0n) is 13.3. The van der Waals surface area contributed by atoms with Crippen LogP contribution in [-0.4, -0.2) is 30.0 Å². The molecule has 0 spiro atoms. The fourth-order valence-electron chi connectivity index (χ4n) is 2.45. The fourth-order valence-corrected chi connectivity index (χ4v) is 3.18. The number of pyridine rings is 1. The summed E-state index contributed by atoms with van der Waals surface area (Å²) in [6, 6.07) is 10.7. The molecular weight excluding hydrogens is 324 g/mol. The minimum atomic E-state index is -3.42. The van der Waals surface area contributed by atoms with Gasteiger partial charge >= 0.3 is 0 Å². The number of rotatable bonds is 6. The average Bonchev–Trinajstić information content (AvgIpc) is 3.09. The van der Waals surface area contributed by atoms with E-state index in [-0.39, 0.29) is 4.90 Å². The van der Waals surface area contributed by atoms with Gasteiger partial charge in [-0.15, -0.1) is 0 Å². The molecule has 2 heterocycles. The number of sulfonamides is 1. The highest BCUT2D eigenvalue weighted by Gasteiger charge is 2.12. The third kappa shape index (κ3) is 3.52. The van der Waals surface area contributed by atoms with Gasteiger partial charge in [0.25, 0.3) is 0 Å². The molecule has 0 atom stereocenters. The monoisotopic (exact) mass is 342 g/mol. The van der Waals surface area contributed by atoms with Gasteiger partial charge in [0.15, 0.2) is 0 Å². The second-order valence-corrected chi connectivity index (χ2v) is 7.17. The highest BCUT2D eigenvalue weighted by molar-refractivity contribution is 7.89. The van der Waals surface area contributed by atoms with Crippen LogP contribution in [-0.2, 0) is 23.0 Å². The third-order valence-corrected chi connectivity index (χ3v) is 5.23. The summed E-state index contributed by atoms with van der Waals surface area (Å²) in [6.45, 7) is 0.788. The molecule has 0 fully saturated rings. The van der Waals surface area contributed by atoms with E-state index in [1.807, 2.05) is 18.3 Å². The van der Waals surface area contributed by atoms with Crippen LogP contribution in [0.25, 0.3) is 11.4 Å². The van der Waals surface area contributed by atoms with Crippen LogP contribution in [0.15, 0.2) is 66.1 Å². The number of nitrogens with one attached hydrogen (secondary N) is 1. The molecule has 0 radical (unpaired) electrons. The maximum Gasteiger partial charge on any atom is 0.240 e. The van der Waals surface area contributed by atoms with E-state index < -0.39 is 10.0 Å². The molecule has 24 heavy (non-hydrogen) atoms. The van der Waals surface area contributed by atoms with Gasteiger partial charge in [-0.1, -0.05) is 0 Å². The molecule has 0 unspecified atom stereocenters. The van der Waals surface area contributed by atoms with Gasteiger partial charge < -0.3 is 4.57 Å². The molecule has 0 saturated heterocycles. The van der Waals surface area contributed by atoms with Crippen LogP contribution >= 0.6 is 0 Å². The first-order valence-corrected chi connectivity index (χ1v) is 9.02. The van der Waals surface area contributed by atoms with Gasteiger partial charge in [0.2, 0.25) is 10.0 Å². The Morgan fingerprint density at radius 3 is 2.42 bits per heavy atom. The van der Waals surface area contributed by atoms with Crippen molar-refractivity contribution in [2.75, 3.05) is 7.05 Å². The summed E-state index contributed by atoms with van der Waals surface area (Å²) in [6.07, 6.45) is 8.11. The van der Waals surface area contributed by atoms with E-state index in [0.717, 1.165) is 24.4 Å². The molecule has 2 aromatic heterocycles. The molecule has 0 saturated carbocycles. The number of nitrogens with zero attached hydrogens (tertiary/aromatic N) is 3. The third-order valence-electron chi connectivity index (χ3n) is 3.80. The number of aryl methyl sites for hydroxylation is 2. The Kier molecular flexibility index (Phi) is 4.73. The Morgan fingerprint density at radius 1 is 1.04 bits per heavy atom. The van der Waals surface area contributed by atoms with Crippen molar-refractivity contribution in [3.8, 4) is 11.4 Å². The second kappa shape index (κ2) is 6.94. The summed E-state index contributed by atoms with van der Waals surface area (Å²) < 4.78 is 27.9. The quantitative estimate of drug-likeness (QED) is 0.744. The van der Waals surface area contributed by atoms with E-state index in [1.165, 1.54) is 12.6 Å². The number of aromatic nitrogens is 3. The molecular formula is C17H18N4O2S. The van der Waals surface area contributed by atoms with Gasteiger partial charge in [0.1, 0.15) is 5.82 Å². The van der Waals surface area contributed by atoms with Crippen molar-refractivity contribution in [3.63, 3.8) is 0 Å². The highest BCUT2D eigenvalue weighted by Crippen LogP contribution is 2.20. The topological polar surface area (TPSA) is 76.9 Å². The lowest BCUT2D eigenvalue weighted by Gasteiger charge is -2.09. The molecule has 6 nitrogen and oxygen atoms in total. The number of hydrogen-bond acceptors (Lipinski definition) is 4. The minimum absolute atomic E-state index is 0.239. The molecule has 0 bridgehead atoms. The first-order valence-electron chi connectivity index (χ1n) is 7.54. The molecule has 0 amide bonds. The maximum atomic E-state index is 11.8. The van der Waals surface area contributed by atoms with Crippen LogP contribution in [0.5, 0.6) is 0 Å². The molecule has 7 heteroatoms.